The van der Waals surface area contributed by atoms with Crippen molar-refractivity contribution in [3.63, 3.8) is 0 Å². The number of hydrogen-bond acceptors (Lipinski definition) is 8. The lowest BCUT2D eigenvalue weighted by Crippen LogP contribution is -2.60. The molecule has 0 N–H and O–H groups in total. The molecule has 8 nitrogen and oxygen atoms in total. The minimum Gasteiger partial charge on any atom is -0.456 e. The van der Waals surface area contributed by atoms with Gasteiger partial charge in [-0.3, -0.25) is 0 Å². The second kappa shape index (κ2) is 14.7. The Morgan fingerprint density at radius 3 is 1.16 bits per heavy atom. The summed E-state index contributed by atoms with van der Waals surface area (Å²) < 4.78 is 72.1. The van der Waals surface area contributed by atoms with Crippen LogP contribution >= 0.6 is 0 Å². The van der Waals surface area contributed by atoms with E-state index in [1.165, 1.54) is 12.8 Å². The zero-order valence-electron chi connectivity index (χ0n) is 29.4. The molecule has 0 radical (unpaired) electrons. The number of hydrogen-bond donors (Lipinski definition) is 0. The first-order valence-electron chi connectivity index (χ1n) is 18.5. The highest BCUT2D eigenvalue weighted by Gasteiger charge is 2.60. The lowest BCUT2D eigenvalue weighted by Gasteiger charge is -2.60. The van der Waals surface area contributed by atoms with Crippen LogP contribution < -0.4 is 0 Å². The first-order chi connectivity index (χ1) is 23.0. The molecule has 0 saturated heterocycles. The molecule has 0 aromatic rings. The summed E-state index contributed by atoms with van der Waals surface area (Å²) in [6.07, 6.45) is 15.8. The van der Waals surface area contributed by atoms with Crippen molar-refractivity contribution in [1.29, 1.82) is 0 Å². The largest absolute Gasteiger partial charge is 0.456 e. The smallest absolute Gasteiger partial charge is 0.377 e. The van der Waals surface area contributed by atoms with E-state index >= 15 is 0 Å². The third kappa shape index (κ3) is 8.23. The van der Waals surface area contributed by atoms with Gasteiger partial charge in [-0.25, -0.2) is 19.2 Å². The molecular formula is C37H54F4O8. The zero-order valence-corrected chi connectivity index (χ0v) is 29.4. The van der Waals surface area contributed by atoms with Crippen molar-refractivity contribution in [2.24, 2.45) is 47.3 Å². The molecule has 0 heterocycles. The third-order valence-electron chi connectivity index (χ3n) is 12.6. The monoisotopic (exact) mass is 702 g/mol. The minimum atomic E-state index is -3.59. The molecule has 8 aliphatic carbocycles. The number of ether oxygens (including phenoxy) is 4. The molecule has 0 aliphatic heterocycles. The molecule has 8 aliphatic rings. The molecule has 12 heteroatoms. The number of alkyl halides is 4. The van der Waals surface area contributed by atoms with E-state index in [4.69, 9.17) is 9.47 Å². The van der Waals surface area contributed by atoms with Crippen LogP contribution in [-0.2, 0) is 38.1 Å². The Morgan fingerprint density at radius 1 is 0.551 bits per heavy atom. The Labute approximate surface area is 287 Å². The highest BCUT2D eigenvalue weighted by atomic mass is 19.3. The van der Waals surface area contributed by atoms with Gasteiger partial charge >= 0.3 is 35.7 Å². The number of rotatable bonds is 13. The minimum absolute atomic E-state index is 0.362. The number of carbonyl (C=O) groups is 4. The molecule has 0 amide bonds. The fraction of sp³-hybridized carbons (Fsp3) is 0.892. The number of halogens is 4. The number of unbranched alkanes of at least 4 members (excludes halogenated alkanes) is 1. The first-order valence-corrected chi connectivity index (χ1v) is 18.5. The maximum absolute atomic E-state index is 12.9. The molecule has 0 aromatic carbocycles. The predicted octanol–water partition coefficient (Wildman–Crippen LogP) is 7.84. The van der Waals surface area contributed by atoms with Crippen molar-refractivity contribution in [1.82, 2.24) is 0 Å². The topological polar surface area (TPSA) is 105 Å². The molecule has 8 bridgehead atoms. The van der Waals surface area contributed by atoms with Crippen LogP contribution in [0.1, 0.15) is 124 Å². The van der Waals surface area contributed by atoms with Crippen molar-refractivity contribution in [3.8, 4) is 0 Å². The van der Waals surface area contributed by atoms with E-state index in [1.807, 2.05) is 0 Å². The highest BCUT2D eigenvalue weighted by Crippen LogP contribution is 2.62. The van der Waals surface area contributed by atoms with Crippen LogP contribution in [0.3, 0.4) is 0 Å². The second-order valence-corrected chi connectivity index (χ2v) is 16.2. The summed E-state index contributed by atoms with van der Waals surface area (Å²) in [6, 6.07) is 0. The van der Waals surface area contributed by atoms with Crippen LogP contribution in [0.4, 0.5) is 17.6 Å². The van der Waals surface area contributed by atoms with Crippen molar-refractivity contribution in [3.05, 3.63) is 0 Å². The summed E-state index contributed by atoms with van der Waals surface area (Å²) in [5.74, 6) is -7.53. The quantitative estimate of drug-likeness (QED) is 0.109. The SMILES string of the molecule is CCCC1(OC(=O)COC(=O)C(C)(F)F)C2CC3CC(C2)CC1C3.CCCCC1(OC(=O)COC(=O)C(C)(F)F)C2CC3CC(C2)CC1C3. The molecule has 8 saturated carbocycles. The number of carbonyl (C=O) groups excluding carboxylic acids is 4. The Morgan fingerprint density at radius 2 is 0.878 bits per heavy atom. The van der Waals surface area contributed by atoms with Crippen molar-refractivity contribution >= 4 is 23.9 Å². The maximum atomic E-state index is 12.9. The summed E-state index contributed by atoms with van der Waals surface area (Å²) in [6.45, 7) is 3.62. The molecule has 0 aromatic heterocycles. The van der Waals surface area contributed by atoms with Gasteiger partial charge in [-0.2, -0.15) is 17.6 Å². The van der Waals surface area contributed by atoms with Crippen LogP contribution in [0.15, 0.2) is 0 Å². The van der Waals surface area contributed by atoms with Gasteiger partial charge in [0.15, 0.2) is 13.2 Å². The average Bonchev–Trinajstić information content (AvgIpc) is 3.01. The summed E-state index contributed by atoms with van der Waals surface area (Å²) >= 11 is 0. The lowest BCUT2D eigenvalue weighted by atomic mass is 9.49. The molecule has 8 rings (SSSR count). The van der Waals surface area contributed by atoms with Crippen LogP contribution in [0.2, 0.25) is 0 Å². The van der Waals surface area contributed by atoms with E-state index in [0.717, 1.165) is 107 Å². The Balaban J connectivity index is 0.000000191. The van der Waals surface area contributed by atoms with Gasteiger partial charge in [0.05, 0.1) is 0 Å². The van der Waals surface area contributed by atoms with Crippen molar-refractivity contribution < 1.29 is 55.7 Å². The van der Waals surface area contributed by atoms with Gasteiger partial charge in [0, 0.05) is 13.8 Å². The predicted molar refractivity (Wildman–Crippen MR) is 169 cm³/mol. The van der Waals surface area contributed by atoms with E-state index in [9.17, 15) is 36.7 Å². The van der Waals surface area contributed by atoms with Crippen molar-refractivity contribution in [2.45, 2.75) is 147 Å². The molecular weight excluding hydrogens is 648 g/mol. The Kier molecular flexibility index (Phi) is 11.3. The lowest BCUT2D eigenvalue weighted by molar-refractivity contribution is -0.217. The van der Waals surface area contributed by atoms with Gasteiger partial charge in [0.1, 0.15) is 11.2 Å². The normalized spacial score (nSPS) is 36.8. The van der Waals surface area contributed by atoms with E-state index in [1.54, 1.807) is 0 Å². The van der Waals surface area contributed by atoms with E-state index in [2.05, 4.69) is 23.3 Å². The average molecular weight is 703 g/mol. The summed E-state index contributed by atoms with van der Waals surface area (Å²) in [7, 11) is 0. The van der Waals surface area contributed by atoms with Gasteiger partial charge in [0.2, 0.25) is 0 Å². The van der Waals surface area contributed by atoms with Gasteiger partial charge in [-0.1, -0.05) is 26.7 Å². The van der Waals surface area contributed by atoms with Crippen LogP contribution in [0.5, 0.6) is 0 Å². The molecule has 0 atom stereocenters. The molecule has 278 valence electrons. The fourth-order valence-corrected chi connectivity index (χ4v) is 11.0. The summed E-state index contributed by atoms with van der Waals surface area (Å²) in [4.78, 5) is 46.8. The molecule has 49 heavy (non-hydrogen) atoms. The van der Waals surface area contributed by atoms with Crippen LogP contribution in [0, 0.1) is 47.3 Å². The van der Waals surface area contributed by atoms with Gasteiger partial charge < -0.3 is 18.9 Å². The number of esters is 4. The van der Waals surface area contributed by atoms with E-state index in [-0.39, 0.29) is 0 Å². The molecule has 0 spiro atoms. The van der Waals surface area contributed by atoms with Gasteiger partial charge in [-0.05, 0) is 131 Å². The molecule has 8 fully saturated rings. The fourth-order valence-electron chi connectivity index (χ4n) is 11.0. The first kappa shape index (κ1) is 37.8. The van der Waals surface area contributed by atoms with Crippen LogP contribution in [-0.4, -0.2) is 60.1 Å². The van der Waals surface area contributed by atoms with Crippen LogP contribution in [0.25, 0.3) is 0 Å². The molecule has 0 unspecified atom stereocenters. The van der Waals surface area contributed by atoms with E-state index in [0.29, 0.717) is 37.5 Å². The van der Waals surface area contributed by atoms with E-state index < -0.39 is 60.1 Å². The summed E-state index contributed by atoms with van der Waals surface area (Å²) in [5.41, 5.74) is -0.970. The Hall–Kier alpha value is -2.40. The van der Waals surface area contributed by atoms with Gasteiger partial charge in [0.25, 0.3) is 0 Å². The standard InChI is InChI=1S/C19H28F2O4.C18H26F2O4/c1-3-4-5-19(25-16(22)11-24-17(23)18(2,20)21)14-7-12-6-13(9-14)10-15(19)8-12;1-3-4-18(24-15(21)10-23-16(22)17(2,19)20)13-6-11-5-12(8-13)9-14(18)7-11/h12-15H,3-11H2,1-2H3;11-14H,3-10H2,1-2H3. The van der Waals surface area contributed by atoms with Gasteiger partial charge in [-0.15, -0.1) is 0 Å². The zero-order chi connectivity index (χ0) is 35.8. The third-order valence-corrected chi connectivity index (χ3v) is 12.6. The maximum Gasteiger partial charge on any atom is 0.377 e. The Bertz CT molecular complexity index is 1170. The summed E-state index contributed by atoms with van der Waals surface area (Å²) in [5, 5.41) is 0. The van der Waals surface area contributed by atoms with Crippen molar-refractivity contribution in [2.75, 3.05) is 13.2 Å². The highest BCUT2D eigenvalue weighted by molar-refractivity contribution is 5.81. The second-order valence-electron chi connectivity index (χ2n) is 16.2.